The van der Waals surface area contributed by atoms with Crippen LogP contribution in [-0.4, -0.2) is 0 Å². The lowest BCUT2D eigenvalue weighted by Crippen LogP contribution is -2.15. The third-order valence-electron chi connectivity index (χ3n) is 15.9. The highest BCUT2D eigenvalue weighted by Gasteiger charge is 2.36. The first-order chi connectivity index (χ1) is 26.8. The van der Waals surface area contributed by atoms with Crippen molar-refractivity contribution in [2.45, 2.75) is 123 Å². The molecule has 0 bridgehead atoms. The van der Waals surface area contributed by atoms with Crippen molar-refractivity contribution in [2.24, 2.45) is 0 Å². The van der Waals surface area contributed by atoms with Gasteiger partial charge in [0.1, 0.15) is 11.2 Å². The first kappa shape index (κ1) is 37.4. The van der Waals surface area contributed by atoms with Crippen LogP contribution in [0.2, 0.25) is 0 Å². The van der Waals surface area contributed by atoms with E-state index in [-0.39, 0.29) is 5.41 Å². The monoisotopic (exact) mass is 746 g/mol. The summed E-state index contributed by atoms with van der Waals surface area (Å²) in [5, 5.41) is 8.08. The molecule has 0 spiro atoms. The third kappa shape index (κ3) is 4.58. The Morgan fingerprint density at radius 3 is 1.26 bits per heavy atom. The first-order valence-electron chi connectivity index (χ1n) is 21.0. The van der Waals surface area contributed by atoms with Crippen LogP contribution < -0.4 is 0 Å². The number of hydrogen-bond donors (Lipinski definition) is 0. The summed E-state index contributed by atoms with van der Waals surface area (Å²) in [6, 6.07) is 16.4. The molecule has 1 aromatic heterocycles. The van der Waals surface area contributed by atoms with E-state index in [0.717, 1.165) is 11.2 Å². The molecule has 0 saturated carbocycles. The summed E-state index contributed by atoms with van der Waals surface area (Å²) in [6.45, 7) is 39.8. The quantitative estimate of drug-likeness (QED) is 0.161. The summed E-state index contributed by atoms with van der Waals surface area (Å²) in [6.07, 6.45) is 0. The van der Waals surface area contributed by atoms with E-state index in [1.54, 1.807) is 0 Å². The molecule has 0 saturated heterocycles. The normalized spacial score (nSPS) is 13.5. The van der Waals surface area contributed by atoms with Gasteiger partial charge in [-0.05, 0) is 259 Å². The molecule has 0 amide bonds. The Kier molecular flexibility index (Phi) is 8.00. The van der Waals surface area contributed by atoms with Gasteiger partial charge in [0.15, 0.2) is 0 Å². The molecule has 0 atom stereocenters. The highest BCUT2D eigenvalue weighted by atomic mass is 16.3. The number of fused-ring (bicyclic) bond motifs is 8. The van der Waals surface area contributed by atoms with Gasteiger partial charge in [-0.3, -0.25) is 0 Å². The van der Waals surface area contributed by atoms with Crippen molar-refractivity contribution < 1.29 is 4.42 Å². The van der Waals surface area contributed by atoms with E-state index in [1.165, 1.54) is 160 Å². The maximum absolute atomic E-state index is 7.13. The van der Waals surface area contributed by atoms with Gasteiger partial charge in [0.25, 0.3) is 0 Å². The topological polar surface area (TPSA) is 13.1 Å². The van der Waals surface area contributed by atoms with Gasteiger partial charge in [-0.25, -0.2) is 0 Å². The van der Waals surface area contributed by atoms with Gasteiger partial charge in [-0.1, -0.05) is 50.2 Å². The summed E-state index contributed by atoms with van der Waals surface area (Å²) < 4.78 is 7.13. The van der Waals surface area contributed by atoms with Crippen LogP contribution in [-0.2, 0) is 5.41 Å². The standard InChI is InChI=1S/C56H58O/c1-25-27(3)34(10)47-45(32(25)8)51(40-22-23-42-41-20-18-19-21-43(41)56(16,17)44(42)24-40)46-33(9)26(2)28(4)35(11)48(46)52(47)49-36(12)31(7)39(15)55-53(49)50-37(13)29(5)30(6)38(14)54(50)57-55/h18-24H,1-17H3. The lowest BCUT2D eigenvalue weighted by molar-refractivity contribution is 0.660. The number of furan rings is 1. The number of aryl methyl sites for hydroxylation is 7. The van der Waals surface area contributed by atoms with E-state index < -0.39 is 0 Å². The highest BCUT2D eigenvalue weighted by molar-refractivity contribution is 6.29. The van der Waals surface area contributed by atoms with E-state index in [4.69, 9.17) is 4.42 Å². The van der Waals surface area contributed by atoms with E-state index >= 15 is 0 Å². The number of benzene rings is 7. The van der Waals surface area contributed by atoms with Gasteiger partial charge in [-0.15, -0.1) is 0 Å². The van der Waals surface area contributed by atoms with E-state index in [2.05, 4.69) is 160 Å². The Morgan fingerprint density at radius 1 is 0.333 bits per heavy atom. The third-order valence-corrected chi connectivity index (χ3v) is 15.9. The Hall–Kier alpha value is -5.14. The predicted octanol–water partition coefficient (Wildman–Crippen LogP) is 16.2. The van der Waals surface area contributed by atoms with Gasteiger partial charge in [0.05, 0.1) is 0 Å². The second-order valence-corrected chi connectivity index (χ2v) is 18.4. The van der Waals surface area contributed by atoms with Crippen molar-refractivity contribution in [3.8, 4) is 33.4 Å². The Bertz CT molecular complexity index is 3090. The molecule has 1 heteroatoms. The second-order valence-electron chi connectivity index (χ2n) is 18.4. The second kappa shape index (κ2) is 12.2. The first-order valence-corrected chi connectivity index (χ1v) is 21.0. The molecule has 0 unspecified atom stereocenters. The fraction of sp³-hybridized carbons (Fsp3) is 0.321. The Morgan fingerprint density at radius 2 is 0.737 bits per heavy atom. The Labute approximate surface area is 340 Å². The van der Waals surface area contributed by atoms with E-state index in [9.17, 15) is 0 Å². The molecule has 0 fully saturated rings. The zero-order valence-electron chi connectivity index (χ0n) is 37.4. The zero-order valence-corrected chi connectivity index (χ0v) is 37.4. The van der Waals surface area contributed by atoms with Crippen LogP contribution in [0.3, 0.4) is 0 Å². The fourth-order valence-corrected chi connectivity index (χ4v) is 11.1. The van der Waals surface area contributed by atoms with Gasteiger partial charge >= 0.3 is 0 Å². The van der Waals surface area contributed by atoms with Crippen molar-refractivity contribution in [1.82, 2.24) is 0 Å². The molecule has 1 aliphatic rings. The minimum absolute atomic E-state index is 0.0978. The highest BCUT2D eigenvalue weighted by Crippen LogP contribution is 2.56. The van der Waals surface area contributed by atoms with Crippen LogP contribution in [0, 0.1) is 104 Å². The summed E-state index contributed by atoms with van der Waals surface area (Å²) in [4.78, 5) is 0. The van der Waals surface area contributed by atoms with E-state index in [0.29, 0.717) is 0 Å². The number of rotatable bonds is 2. The maximum atomic E-state index is 7.13. The smallest absolute Gasteiger partial charge is 0.139 e. The van der Waals surface area contributed by atoms with Crippen LogP contribution in [0.15, 0.2) is 46.9 Å². The largest absolute Gasteiger partial charge is 0.455 e. The summed E-state index contributed by atoms with van der Waals surface area (Å²) in [5.74, 6) is 0. The minimum atomic E-state index is -0.0978. The van der Waals surface area contributed by atoms with Crippen LogP contribution in [0.1, 0.15) is 108 Å². The van der Waals surface area contributed by atoms with Crippen LogP contribution >= 0.6 is 0 Å². The average Bonchev–Trinajstić information content (AvgIpc) is 3.70. The van der Waals surface area contributed by atoms with E-state index in [1.807, 2.05) is 0 Å². The SMILES string of the molecule is Cc1c(C)c(C)c2c(oc3c(C)c(C)c(C)c(-c4c5c(C)c(C)c(C)c(C)c5c(-c5ccc6c(c5)C(C)(C)c5ccccc5-6)c5c(C)c(C)c(C)c(C)c45)c32)c1C. The Balaban J connectivity index is 1.60. The molecule has 57 heavy (non-hydrogen) atoms. The molecular formula is C56H58O. The van der Waals surface area contributed by atoms with Gasteiger partial charge in [-0.2, -0.15) is 0 Å². The van der Waals surface area contributed by atoms with Gasteiger partial charge in [0, 0.05) is 16.2 Å². The summed E-state index contributed by atoms with van der Waals surface area (Å²) in [5.41, 5.74) is 33.0. The molecule has 288 valence electrons. The summed E-state index contributed by atoms with van der Waals surface area (Å²) in [7, 11) is 0. The van der Waals surface area contributed by atoms with Gasteiger partial charge < -0.3 is 4.42 Å². The summed E-state index contributed by atoms with van der Waals surface area (Å²) >= 11 is 0. The van der Waals surface area contributed by atoms with Crippen molar-refractivity contribution in [3.63, 3.8) is 0 Å². The lowest BCUT2D eigenvalue weighted by Gasteiger charge is -2.29. The molecule has 0 N–H and O–H groups in total. The molecule has 1 nitrogen and oxygen atoms in total. The minimum Gasteiger partial charge on any atom is -0.455 e. The van der Waals surface area contributed by atoms with Gasteiger partial charge in [0.2, 0.25) is 0 Å². The van der Waals surface area contributed by atoms with Crippen LogP contribution in [0.5, 0.6) is 0 Å². The van der Waals surface area contributed by atoms with Crippen molar-refractivity contribution in [3.05, 3.63) is 137 Å². The molecule has 9 rings (SSSR count). The van der Waals surface area contributed by atoms with Crippen LogP contribution in [0.25, 0.3) is 76.9 Å². The average molecular weight is 747 g/mol. The fourth-order valence-electron chi connectivity index (χ4n) is 11.1. The van der Waals surface area contributed by atoms with Crippen molar-refractivity contribution in [2.75, 3.05) is 0 Å². The molecular weight excluding hydrogens is 689 g/mol. The molecule has 0 radical (unpaired) electrons. The van der Waals surface area contributed by atoms with Crippen molar-refractivity contribution in [1.29, 1.82) is 0 Å². The molecule has 8 aromatic rings. The molecule has 7 aromatic carbocycles. The predicted molar refractivity (Wildman–Crippen MR) is 248 cm³/mol. The molecule has 1 aliphatic carbocycles. The lowest BCUT2D eigenvalue weighted by atomic mass is 9.74. The zero-order chi connectivity index (χ0) is 41.1. The molecule has 1 heterocycles. The maximum Gasteiger partial charge on any atom is 0.139 e. The van der Waals surface area contributed by atoms with Crippen LogP contribution in [0.4, 0.5) is 0 Å². The van der Waals surface area contributed by atoms with Crippen molar-refractivity contribution >= 4 is 43.5 Å². The number of hydrogen-bond acceptors (Lipinski definition) is 1. The molecule has 0 aliphatic heterocycles.